The number of H-pyrrole nitrogens is 1. The number of phenols is 1. The quantitative estimate of drug-likeness (QED) is 0.763. The van der Waals surface area contributed by atoms with Gasteiger partial charge in [-0.3, -0.25) is 0 Å². The second kappa shape index (κ2) is 5.09. The maximum atomic E-state index is 9.84. The summed E-state index contributed by atoms with van der Waals surface area (Å²) in [7, 11) is 1.64. The van der Waals surface area contributed by atoms with Gasteiger partial charge in [0, 0.05) is 0 Å². The Hall–Kier alpha value is -2.75. The molecule has 100 valence electrons. The van der Waals surface area contributed by atoms with E-state index in [0.29, 0.717) is 11.4 Å². The Morgan fingerprint density at radius 2 is 1.80 bits per heavy atom. The Morgan fingerprint density at radius 1 is 1.05 bits per heavy atom. The van der Waals surface area contributed by atoms with Crippen LogP contribution in [0.1, 0.15) is 0 Å². The lowest BCUT2D eigenvalue weighted by atomic mass is 10.1. The number of hydrogen-bond donors (Lipinski definition) is 2. The number of hydrogen-bond acceptors (Lipinski definition) is 3. The minimum Gasteiger partial charge on any atom is -0.507 e. The largest absolute Gasteiger partial charge is 0.507 e. The zero-order chi connectivity index (χ0) is 13.9. The van der Waals surface area contributed by atoms with Gasteiger partial charge in [0.1, 0.15) is 17.3 Å². The number of nitrogens with one attached hydrogen (secondary N) is 1. The number of aromatic hydroxyl groups is 1. The zero-order valence-corrected chi connectivity index (χ0v) is 11.0. The normalized spacial score (nSPS) is 10.4. The average Bonchev–Trinajstić information content (AvgIpc) is 2.97. The van der Waals surface area contributed by atoms with Crippen LogP contribution in [0.25, 0.3) is 22.6 Å². The zero-order valence-electron chi connectivity index (χ0n) is 11.0. The molecule has 0 fully saturated rings. The van der Waals surface area contributed by atoms with Gasteiger partial charge in [0.25, 0.3) is 0 Å². The number of benzene rings is 2. The molecular weight excluding hydrogens is 252 g/mol. The number of aromatic nitrogens is 2. The maximum absolute atomic E-state index is 9.84. The number of imidazole rings is 1. The maximum Gasteiger partial charge on any atom is 0.141 e. The number of methoxy groups -OCH3 is 1. The van der Waals surface area contributed by atoms with Gasteiger partial charge in [-0.1, -0.05) is 12.1 Å². The summed E-state index contributed by atoms with van der Waals surface area (Å²) in [4.78, 5) is 7.53. The van der Waals surface area contributed by atoms with Crippen LogP contribution in [0.2, 0.25) is 0 Å². The molecule has 0 atom stereocenters. The third-order valence-electron chi connectivity index (χ3n) is 3.14. The molecule has 0 aliphatic heterocycles. The Labute approximate surface area is 116 Å². The highest BCUT2D eigenvalue weighted by molar-refractivity contribution is 5.68. The average molecular weight is 266 g/mol. The van der Waals surface area contributed by atoms with Crippen molar-refractivity contribution in [2.45, 2.75) is 0 Å². The van der Waals surface area contributed by atoms with Crippen LogP contribution in [-0.2, 0) is 0 Å². The molecule has 4 nitrogen and oxygen atoms in total. The van der Waals surface area contributed by atoms with Crippen molar-refractivity contribution in [1.29, 1.82) is 0 Å². The van der Waals surface area contributed by atoms with Gasteiger partial charge in [0.05, 0.1) is 24.6 Å². The minimum absolute atomic E-state index is 0.211. The Bertz CT molecular complexity index is 717. The number of nitrogens with zero attached hydrogens (tertiary/aromatic N) is 1. The molecule has 0 amide bonds. The first-order valence-corrected chi connectivity index (χ1v) is 6.26. The molecule has 0 bridgehead atoms. The number of aromatic amines is 1. The van der Waals surface area contributed by atoms with E-state index in [0.717, 1.165) is 17.0 Å². The van der Waals surface area contributed by atoms with E-state index in [9.17, 15) is 5.11 Å². The molecule has 3 aromatic rings. The van der Waals surface area contributed by atoms with E-state index in [1.807, 2.05) is 36.4 Å². The van der Waals surface area contributed by atoms with E-state index in [-0.39, 0.29) is 5.75 Å². The predicted octanol–water partition coefficient (Wildman–Crippen LogP) is 3.46. The standard InChI is InChI=1S/C16H14N2O2/c1-20-12-8-6-11(7-9-12)14-10-17-16(18-14)13-4-2-3-5-15(13)19/h2-10,19H,1H3,(H,17,18). The lowest BCUT2D eigenvalue weighted by Crippen LogP contribution is -1.83. The van der Waals surface area contributed by atoms with Crippen LogP contribution in [0, 0.1) is 0 Å². The summed E-state index contributed by atoms with van der Waals surface area (Å²) in [6.45, 7) is 0. The van der Waals surface area contributed by atoms with Crippen molar-refractivity contribution >= 4 is 0 Å². The summed E-state index contributed by atoms with van der Waals surface area (Å²) >= 11 is 0. The Morgan fingerprint density at radius 3 is 2.50 bits per heavy atom. The predicted molar refractivity (Wildman–Crippen MR) is 77.7 cm³/mol. The number of ether oxygens (including phenoxy) is 1. The van der Waals surface area contributed by atoms with Crippen LogP contribution < -0.4 is 4.74 Å². The highest BCUT2D eigenvalue weighted by Gasteiger charge is 2.08. The summed E-state index contributed by atoms with van der Waals surface area (Å²) in [5, 5.41) is 9.84. The molecule has 4 heteroatoms. The lowest BCUT2D eigenvalue weighted by molar-refractivity contribution is 0.415. The first-order chi connectivity index (χ1) is 9.78. The van der Waals surface area contributed by atoms with Crippen LogP contribution in [0.5, 0.6) is 11.5 Å². The molecule has 1 heterocycles. The minimum atomic E-state index is 0.211. The molecule has 2 aromatic carbocycles. The van der Waals surface area contributed by atoms with Gasteiger partial charge < -0.3 is 14.8 Å². The highest BCUT2D eigenvalue weighted by atomic mass is 16.5. The second-order valence-corrected chi connectivity index (χ2v) is 4.39. The molecule has 2 N–H and O–H groups in total. The van der Waals surface area contributed by atoms with E-state index in [4.69, 9.17) is 4.74 Å². The summed E-state index contributed by atoms with van der Waals surface area (Å²) in [5.74, 6) is 1.67. The Balaban J connectivity index is 1.95. The molecule has 0 aliphatic rings. The topological polar surface area (TPSA) is 58.1 Å². The highest BCUT2D eigenvalue weighted by Crippen LogP contribution is 2.28. The third-order valence-corrected chi connectivity index (χ3v) is 3.14. The van der Waals surface area contributed by atoms with E-state index < -0.39 is 0 Å². The van der Waals surface area contributed by atoms with Gasteiger partial charge in [-0.15, -0.1) is 0 Å². The van der Waals surface area contributed by atoms with Crippen molar-refractivity contribution in [2.75, 3.05) is 7.11 Å². The Kier molecular flexibility index (Phi) is 3.13. The molecule has 0 saturated carbocycles. The summed E-state index contributed by atoms with van der Waals surface area (Å²) < 4.78 is 5.14. The van der Waals surface area contributed by atoms with Gasteiger partial charge in [-0.05, 0) is 42.0 Å². The molecular formula is C16H14N2O2. The molecule has 3 rings (SSSR count). The van der Waals surface area contributed by atoms with Crippen molar-refractivity contribution in [3.05, 3.63) is 54.7 Å². The fourth-order valence-electron chi connectivity index (χ4n) is 2.05. The monoisotopic (exact) mass is 266 g/mol. The third kappa shape index (κ3) is 2.23. The van der Waals surface area contributed by atoms with Crippen molar-refractivity contribution in [2.24, 2.45) is 0 Å². The molecule has 0 aliphatic carbocycles. The van der Waals surface area contributed by atoms with Crippen molar-refractivity contribution in [1.82, 2.24) is 9.97 Å². The fraction of sp³-hybridized carbons (Fsp3) is 0.0625. The fourth-order valence-corrected chi connectivity index (χ4v) is 2.05. The lowest BCUT2D eigenvalue weighted by Gasteiger charge is -2.02. The number of rotatable bonds is 3. The first-order valence-electron chi connectivity index (χ1n) is 6.26. The van der Waals surface area contributed by atoms with Crippen LogP contribution >= 0.6 is 0 Å². The van der Waals surface area contributed by atoms with Crippen LogP contribution in [0.3, 0.4) is 0 Å². The first kappa shape index (κ1) is 12.3. The number of para-hydroxylation sites is 1. The van der Waals surface area contributed by atoms with Gasteiger partial charge in [0.15, 0.2) is 0 Å². The molecule has 1 aromatic heterocycles. The smallest absolute Gasteiger partial charge is 0.141 e. The van der Waals surface area contributed by atoms with Crippen LogP contribution in [0.4, 0.5) is 0 Å². The molecule has 0 saturated heterocycles. The molecule has 0 spiro atoms. The summed E-state index contributed by atoms with van der Waals surface area (Å²) in [6, 6.07) is 14.8. The second-order valence-electron chi connectivity index (χ2n) is 4.39. The van der Waals surface area contributed by atoms with Crippen LogP contribution in [0.15, 0.2) is 54.7 Å². The SMILES string of the molecule is COc1ccc(-c2cnc(-c3ccccc3O)[nH]2)cc1. The molecule has 0 radical (unpaired) electrons. The van der Waals surface area contributed by atoms with E-state index in [2.05, 4.69) is 9.97 Å². The van der Waals surface area contributed by atoms with E-state index >= 15 is 0 Å². The van der Waals surface area contributed by atoms with Crippen LogP contribution in [-0.4, -0.2) is 22.2 Å². The molecule has 0 unspecified atom stereocenters. The van der Waals surface area contributed by atoms with Crippen molar-refractivity contribution in [3.63, 3.8) is 0 Å². The molecule has 20 heavy (non-hydrogen) atoms. The van der Waals surface area contributed by atoms with E-state index in [1.165, 1.54) is 0 Å². The van der Waals surface area contributed by atoms with Gasteiger partial charge >= 0.3 is 0 Å². The van der Waals surface area contributed by atoms with Crippen molar-refractivity contribution in [3.8, 4) is 34.1 Å². The van der Waals surface area contributed by atoms with Gasteiger partial charge in [-0.2, -0.15) is 0 Å². The summed E-state index contributed by atoms with van der Waals surface area (Å²) in [6.07, 6.45) is 1.75. The van der Waals surface area contributed by atoms with Gasteiger partial charge in [0.2, 0.25) is 0 Å². The summed E-state index contributed by atoms with van der Waals surface area (Å²) in [5.41, 5.74) is 2.60. The van der Waals surface area contributed by atoms with E-state index in [1.54, 1.807) is 25.4 Å². The number of phenolic OH excluding ortho intramolecular Hbond substituents is 1. The van der Waals surface area contributed by atoms with Crippen molar-refractivity contribution < 1.29 is 9.84 Å². The van der Waals surface area contributed by atoms with Gasteiger partial charge in [-0.25, -0.2) is 4.98 Å².